The number of carbonyl (C=O) groups excluding carboxylic acids is 2. The highest BCUT2D eigenvalue weighted by Crippen LogP contribution is 2.25. The first-order valence-electron chi connectivity index (χ1n) is 9.33. The Kier molecular flexibility index (Phi) is 6.76. The molecule has 1 atom stereocenters. The Balaban J connectivity index is 1.63. The molecule has 1 aromatic rings. The smallest absolute Gasteiger partial charge is 0.241 e. The van der Waals surface area contributed by atoms with Crippen LogP contribution < -0.4 is 10.6 Å². The lowest BCUT2D eigenvalue weighted by Gasteiger charge is -2.35. The highest BCUT2D eigenvalue weighted by atomic mass is 19.1. The average molecular weight is 379 g/mol. The van der Waals surface area contributed by atoms with Crippen LogP contribution in [0.15, 0.2) is 24.3 Å². The standard InChI is InChI=1S/C19H26FN3O4/c20-15-3-5-16(6-4-15)23(9-7-17(21)24)18(25)13-22-8-1-2-14(12-22)19-26-10-11-27-19/h3-6,14,19H,1-2,7-13H2,(H2,21,24). The van der Waals surface area contributed by atoms with Crippen molar-refractivity contribution >= 4 is 17.5 Å². The summed E-state index contributed by atoms with van der Waals surface area (Å²) in [5, 5.41) is 0. The number of benzene rings is 1. The maximum atomic E-state index is 13.2. The summed E-state index contributed by atoms with van der Waals surface area (Å²) in [5.41, 5.74) is 5.79. The summed E-state index contributed by atoms with van der Waals surface area (Å²) in [6, 6.07) is 5.66. The topological polar surface area (TPSA) is 85.1 Å². The molecule has 2 heterocycles. The lowest BCUT2D eigenvalue weighted by atomic mass is 9.97. The SMILES string of the molecule is NC(=O)CCN(C(=O)CN1CCCC(C2OCCO2)C1)c1ccc(F)cc1. The van der Waals surface area contributed by atoms with Gasteiger partial charge >= 0.3 is 0 Å². The minimum atomic E-state index is -0.483. The van der Waals surface area contributed by atoms with Gasteiger partial charge in [-0.25, -0.2) is 4.39 Å². The van der Waals surface area contributed by atoms with Crippen LogP contribution in [0.1, 0.15) is 19.3 Å². The minimum Gasteiger partial charge on any atom is -0.370 e. The van der Waals surface area contributed by atoms with Gasteiger partial charge in [0.1, 0.15) is 5.82 Å². The molecule has 1 aromatic carbocycles. The van der Waals surface area contributed by atoms with Gasteiger partial charge in [-0.2, -0.15) is 0 Å². The van der Waals surface area contributed by atoms with E-state index in [0.717, 1.165) is 25.9 Å². The summed E-state index contributed by atoms with van der Waals surface area (Å²) in [5.74, 6) is -0.754. The average Bonchev–Trinajstić information content (AvgIpc) is 3.18. The molecule has 3 rings (SSSR count). The Hall–Kier alpha value is -2.03. The molecule has 0 spiro atoms. The van der Waals surface area contributed by atoms with Crippen molar-refractivity contribution in [1.82, 2.24) is 4.90 Å². The molecular formula is C19H26FN3O4. The number of nitrogens with zero attached hydrogens (tertiary/aromatic N) is 2. The maximum Gasteiger partial charge on any atom is 0.241 e. The molecule has 8 heteroatoms. The van der Waals surface area contributed by atoms with Crippen LogP contribution >= 0.6 is 0 Å². The molecule has 2 aliphatic rings. The van der Waals surface area contributed by atoms with E-state index >= 15 is 0 Å². The van der Waals surface area contributed by atoms with Crippen LogP contribution in [0.3, 0.4) is 0 Å². The summed E-state index contributed by atoms with van der Waals surface area (Å²) in [6.45, 7) is 3.17. The molecule has 148 valence electrons. The van der Waals surface area contributed by atoms with Crippen molar-refractivity contribution in [3.8, 4) is 0 Å². The van der Waals surface area contributed by atoms with E-state index in [1.165, 1.54) is 29.2 Å². The third-order valence-corrected chi connectivity index (χ3v) is 4.95. The molecule has 0 aliphatic carbocycles. The summed E-state index contributed by atoms with van der Waals surface area (Å²) >= 11 is 0. The number of anilines is 1. The molecule has 0 saturated carbocycles. The molecule has 2 N–H and O–H groups in total. The highest BCUT2D eigenvalue weighted by Gasteiger charge is 2.32. The molecule has 2 saturated heterocycles. The van der Waals surface area contributed by atoms with Gasteiger partial charge in [0.25, 0.3) is 0 Å². The maximum absolute atomic E-state index is 13.2. The van der Waals surface area contributed by atoms with Gasteiger partial charge in [0.15, 0.2) is 6.29 Å². The van der Waals surface area contributed by atoms with Crippen molar-refractivity contribution < 1.29 is 23.5 Å². The first-order chi connectivity index (χ1) is 13.0. The predicted molar refractivity (Wildman–Crippen MR) is 97.4 cm³/mol. The molecule has 1 unspecified atom stereocenters. The fraction of sp³-hybridized carbons (Fsp3) is 0.579. The fourth-order valence-corrected chi connectivity index (χ4v) is 3.62. The van der Waals surface area contributed by atoms with E-state index in [1.54, 1.807) is 0 Å². The number of likely N-dealkylation sites (tertiary alicyclic amines) is 1. The molecule has 0 radical (unpaired) electrons. The number of hydrogen-bond acceptors (Lipinski definition) is 5. The Labute approximate surface area is 158 Å². The van der Waals surface area contributed by atoms with Crippen LogP contribution in [0.2, 0.25) is 0 Å². The van der Waals surface area contributed by atoms with Gasteiger partial charge in [-0.3, -0.25) is 14.5 Å². The Morgan fingerprint density at radius 3 is 2.59 bits per heavy atom. The van der Waals surface area contributed by atoms with E-state index in [-0.39, 0.29) is 43.4 Å². The summed E-state index contributed by atoms with van der Waals surface area (Å²) in [6.07, 6.45) is 1.85. The lowest BCUT2D eigenvalue weighted by Crippen LogP contribution is -2.47. The van der Waals surface area contributed by atoms with Gasteiger partial charge in [-0.05, 0) is 43.7 Å². The summed E-state index contributed by atoms with van der Waals surface area (Å²) in [7, 11) is 0. The summed E-state index contributed by atoms with van der Waals surface area (Å²) in [4.78, 5) is 27.7. The van der Waals surface area contributed by atoms with Crippen LogP contribution in [0.5, 0.6) is 0 Å². The highest BCUT2D eigenvalue weighted by molar-refractivity contribution is 5.95. The molecule has 2 amide bonds. The second-order valence-corrected chi connectivity index (χ2v) is 6.99. The number of nitrogens with two attached hydrogens (primary N) is 1. The van der Waals surface area contributed by atoms with Gasteiger partial charge in [-0.1, -0.05) is 0 Å². The van der Waals surface area contributed by atoms with Crippen molar-refractivity contribution in [2.24, 2.45) is 11.7 Å². The first kappa shape index (κ1) is 19.7. The number of halogens is 1. The molecular weight excluding hydrogens is 353 g/mol. The fourth-order valence-electron chi connectivity index (χ4n) is 3.62. The number of rotatable bonds is 7. The quantitative estimate of drug-likeness (QED) is 0.767. The Morgan fingerprint density at radius 2 is 1.93 bits per heavy atom. The number of primary amides is 1. The van der Waals surface area contributed by atoms with Crippen LogP contribution in [-0.2, 0) is 19.1 Å². The van der Waals surface area contributed by atoms with E-state index in [9.17, 15) is 14.0 Å². The van der Waals surface area contributed by atoms with Crippen molar-refractivity contribution in [1.29, 1.82) is 0 Å². The molecule has 2 fully saturated rings. The van der Waals surface area contributed by atoms with Gasteiger partial charge in [0, 0.05) is 31.1 Å². The number of carbonyl (C=O) groups is 2. The molecule has 27 heavy (non-hydrogen) atoms. The van der Waals surface area contributed by atoms with Gasteiger partial charge in [-0.15, -0.1) is 0 Å². The molecule has 2 aliphatic heterocycles. The van der Waals surface area contributed by atoms with Crippen LogP contribution in [0.4, 0.5) is 10.1 Å². The van der Waals surface area contributed by atoms with Crippen molar-refractivity contribution in [3.63, 3.8) is 0 Å². The van der Waals surface area contributed by atoms with E-state index in [2.05, 4.69) is 4.90 Å². The molecule has 7 nitrogen and oxygen atoms in total. The van der Waals surface area contributed by atoms with E-state index in [1.807, 2.05) is 0 Å². The van der Waals surface area contributed by atoms with Gasteiger partial charge < -0.3 is 20.1 Å². The number of ether oxygens (including phenoxy) is 2. The molecule has 0 bridgehead atoms. The lowest BCUT2D eigenvalue weighted by molar-refractivity contribution is -0.123. The van der Waals surface area contributed by atoms with Crippen LogP contribution in [0.25, 0.3) is 0 Å². The van der Waals surface area contributed by atoms with E-state index in [4.69, 9.17) is 15.2 Å². The summed E-state index contributed by atoms with van der Waals surface area (Å²) < 4.78 is 24.4. The largest absolute Gasteiger partial charge is 0.370 e. The predicted octanol–water partition coefficient (Wildman–Crippen LogP) is 1.12. The molecule has 0 aromatic heterocycles. The van der Waals surface area contributed by atoms with Crippen molar-refractivity contribution in [2.75, 3.05) is 44.3 Å². The normalized spacial score (nSPS) is 21.3. The third kappa shape index (κ3) is 5.47. The number of hydrogen-bond donors (Lipinski definition) is 1. The zero-order valence-corrected chi connectivity index (χ0v) is 15.3. The van der Waals surface area contributed by atoms with Gasteiger partial charge in [0.2, 0.25) is 11.8 Å². The minimum absolute atomic E-state index is 0.0511. The van der Waals surface area contributed by atoms with Crippen LogP contribution in [-0.4, -0.2) is 62.4 Å². The number of piperidine rings is 1. The number of amides is 2. The monoisotopic (exact) mass is 379 g/mol. The third-order valence-electron chi connectivity index (χ3n) is 4.95. The Bertz CT molecular complexity index is 649. The first-order valence-corrected chi connectivity index (χ1v) is 9.33. The van der Waals surface area contributed by atoms with Gasteiger partial charge in [0.05, 0.1) is 19.8 Å². The van der Waals surface area contributed by atoms with Crippen molar-refractivity contribution in [2.45, 2.75) is 25.6 Å². The van der Waals surface area contributed by atoms with E-state index in [0.29, 0.717) is 18.9 Å². The Morgan fingerprint density at radius 1 is 1.22 bits per heavy atom. The van der Waals surface area contributed by atoms with Crippen molar-refractivity contribution in [3.05, 3.63) is 30.1 Å². The zero-order valence-electron chi connectivity index (χ0n) is 15.3. The second kappa shape index (κ2) is 9.25. The van der Waals surface area contributed by atoms with Crippen LogP contribution in [0, 0.1) is 11.7 Å². The second-order valence-electron chi connectivity index (χ2n) is 6.99. The zero-order chi connectivity index (χ0) is 19.2. The van der Waals surface area contributed by atoms with E-state index < -0.39 is 5.91 Å².